The Morgan fingerprint density at radius 1 is 0.434 bits per heavy atom. The minimum Gasteiger partial charge on any atom is -0.309 e. The van der Waals surface area contributed by atoms with Crippen LogP contribution in [0.15, 0.2) is 164 Å². The van der Waals surface area contributed by atoms with Crippen molar-refractivity contribution < 1.29 is 0 Å². The van der Waals surface area contributed by atoms with Crippen molar-refractivity contribution in [3.05, 3.63) is 175 Å². The molecule has 0 bridgehead atoms. The van der Waals surface area contributed by atoms with Crippen molar-refractivity contribution in [1.82, 2.24) is 13.7 Å². The van der Waals surface area contributed by atoms with Gasteiger partial charge in [0.15, 0.2) is 0 Å². The molecule has 246 valence electrons. The van der Waals surface area contributed by atoms with Crippen LogP contribution in [0.25, 0.3) is 93.3 Å². The second kappa shape index (κ2) is 11.0. The van der Waals surface area contributed by atoms with Crippen molar-refractivity contribution >= 4 is 82.4 Å². The van der Waals surface area contributed by atoms with Crippen molar-refractivity contribution in [2.75, 3.05) is 0 Å². The van der Waals surface area contributed by atoms with E-state index in [-0.39, 0.29) is 0 Å². The van der Waals surface area contributed by atoms with E-state index in [4.69, 9.17) is 5.41 Å². The predicted octanol–water partition coefficient (Wildman–Crippen LogP) is 12.0. The quantitative estimate of drug-likeness (QED) is 0.185. The summed E-state index contributed by atoms with van der Waals surface area (Å²) in [6.45, 7) is 0. The standard InChI is InChI=1S/C48H29N5/c49-28-38-39(29-50)46(26-25-45(38)52-42-19-9-5-15-35(42)36-16-6-10-20-43(36)52)53-44-24-22-31(27-37(44)48-32-12-2-1-11-30(32)21-23-47(48)53)51-40-17-7-3-13-33(40)34-14-4-8-18-41(34)51/h1-27,29,50H. The number of rotatable bonds is 4. The van der Waals surface area contributed by atoms with E-state index in [9.17, 15) is 5.26 Å². The zero-order chi connectivity index (χ0) is 35.2. The van der Waals surface area contributed by atoms with Crippen LogP contribution in [-0.4, -0.2) is 19.9 Å². The fourth-order valence-electron chi connectivity index (χ4n) is 8.80. The molecule has 5 heteroatoms. The molecule has 11 rings (SSSR count). The van der Waals surface area contributed by atoms with Gasteiger partial charge in [-0.25, -0.2) is 0 Å². The number of benzene rings is 8. The van der Waals surface area contributed by atoms with E-state index < -0.39 is 0 Å². The number of nitriles is 1. The van der Waals surface area contributed by atoms with Crippen LogP contribution in [0.4, 0.5) is 0 Å². The summed E-state index contributed by atoms with van der Waals surface area (Å²) in [7, 11) is 0. The van der Waals surface area contributed by atoms with Crippen molar-refractivity contribution in [2.24, 2.45) is 0 Å². The first-order chi connectivity index (χ1) is 26.2. The molecule has 0 spiro atoms. The van der Waals surface area contributed by atoms with Crippen molar-refractivity contribution in [1.29, 1.82) is 10.7 Å². The fraction of sp³-hybridized carbons (Fsp3) is 0. The molecule has 11 aromatic rings. The van der Waals surface area contributed by atoms with Gasteiger partial charge in [0.25, 0.3) is 0 Å². The largest absolute Gasteiger partial charge is 0.309 e. The lowest BCUT2D eigenvalue weighted by Gasteiger charge is -2.17. The van der Waals surface area contributed by atoms with Gasteiger partial charge in [0, 0.05) is 49.8 Å². The summed E-state index contributed by atoms with van der Waals surface area (Å²) in [5.74, 6) is 0. The molecule has 0 unspecified atom stereocenters. The first-order valence-electron chi connectivity index (χ1n) is 17.8. The minimum absolute atomic E-state index is 0.460. The van der Waals surface area contributed by atoms with Gasteiger partial charge >= 0.3 is 0 Å². The highest BCUT2D eigenvalue weighted by molar-refractivity contribution is 6.22. The molecule has 8 aromatic carbocycles. The smallest absolute Gasteiger partial charge is 0.102 e. The molecule has 3 aromatic heterocycles. The van der Waals surface area contributed by atoms with Crippen LogP contribution in [0.3, 0.4) is 0 Å². The Morgan fingerprint density at radius 2 is 0.906 bits per heavy atom. The average molecular weight is 676 g/mol. The van der Waals surface area contributed by atoms with Gasteiger partial charge < -0.3 is 19.1 Å². The van der Waals surface area contributed by atoms with E-state index in [1.54, 1.807) is 0 Å². The lowest BCUT2D eigenvalue weighted by molar-refractivity contribution is 1.13. The van der Waals surface area contributed by atoms with E-state index in [0.717, 1.165) is 82.5 Å². The Morgan fingerprint density at radius 3 is 1.49 bits per heavy atom. The summed E-state index contributed by atoms with van der Waals surface area (Å²) < 4.78 is 6.76. The summed E-state index contributed by atoms with van der Waals surface area (Å²) >= 11 is 0. The molecule has 1 N–H and O–H groups in total. The molecular formula is C48H29N5. The van der Waals surface area contributed by atoms with Crippen LogP contribution in [-0.2, 0) is 0 Å². The van der Waals surface area contributed by atoms with E-state index in [2.05, 4.69) is 165 Å². The molecule has 0 fully saturated rings. The second-order valence-electron chi connectivity index (χ2n) is 13.6. The Hall–Kier alpha value is -7.42. The number of nitrogens with one attached hydrogen (secondary N) is 1. The third-order valence-corrected chi connectivity index (χ3v) is 11.0. The number of fused-ring (bicyclic) bond motifs is 11. The maximum Gasteiger partial charge on any atom is 0.102 e. The molecule has 0 radical (unpaired) electrons. The number of aromatic nitrogens is 3. The molecule has 5 nitrogen and oxygen atoms in total. The van der Waals surface area contributed by atoms with E-state index >= 15 is 0 Å². The first kappa shape index (κ1) is 29.3. The minimum atomic E-state index is 0.460. The van der Waals surface area contributed by atoms with Crippen LogP contribution >= 0.6 is 0 Å². The van der Waals surface area contributed by atoms with Gasteiger partial charge in [-0.3, -0.25) is 0 Å². The zero-order valence-corrected chi connectivity index (χ0v) is 28.5. The SMILES string of the molecule is N#Cc1c(-n2c3ccccc3c3ccccc32)ccc(-n2c3ccc(-n4c5ccccc5c5ccccc54)cc3c3c4ccccc4ccc32)c1C=N. The molecule has 0 aliphatic rings. The molecule has 0 saturated heterocycles. The predicted molar refractivity (Wildman–Crippen MR) is 220 cm³/mol. The maximum absolute atomic E-state index is 10.9. The Bertz CT molecular complexity index is 3280. The van der Waals surface area contributed by atoms with Crippen LogP contribution < -0.4 is 0 Å². The van der Waals surface area contributed by atoms with Crippen LogP contribution in [0.5, 0.6) is 0 Å². The molecular weight excluding hydrogens is 647 g/mol. The van der Waals surface area contributed by atoms with Gasteiger partial charge in [-0.05, 0) is 71.4 Å². The van der Waals surface area contributed by atoms with Gasteiger partial charge in [0.2, 0.25) is 0 Å². The Kier molecular flexibility index (Phi) is 6.11. The number of nitrogens with zero attached hydrogens (tertiary/aromatic N) is 4. The molecule has 0 aliphatic heterocycles. The lowest BCUT2D eigenvalue weighted by Crippen LogP contribution is -2.06. The zero-order valence-electron chi connectivity index (χ0n) is 28.5. The van der Waals surface area contributed by atoms with Crippen LogP contribution in [0.2, 0.25) is 0 Å². The van der Waals surface area contributed by atoms with Crippen molar-refractivity contribution in [3.63, 3.8) is 0 Å². The van der Waals surface area contributed by atoms with Crippen molar-refractivity contribution in [3.8, 4) is 23.1 Å². The monoisotopic (exact) mass is 675 g/mol. The van der Waals surface area contributed by atoms with Gasteiger partial charge in [0.05, 0.1) is 50.0 Å². The lowest BCUT2D eigenvalue weighted by atomic mass is 10.0. The summed E-state index contributed by atoms with van der Waals surface area (Å²) in [5.41, 5.74) is 10.1. The fourth-order valence-corrected chi connectivity index (χ4v) is 8.80. The topological polar surface area (TPSA) is 62.4 Å². The highest BCUT2D eigenvalue weighted by Crippen LogP contribution is 2.41. The molecule has 53 heavy (non-hydrogen) atoms. The number of hydrogen-bond acceptors (Lipinski definition) is 2. The van der Waals surface area contributed by atoms with Crippen LogP contribution in [0.1, 0.15) is 11.1 Å². The van der Waals surface area contributed by atoms with Crippen molar-refractivity contribution in [2.45, 2.75) is 0 Å². The summed E-state index contributed by atoms with van der Waals surface area (Å²) in [5, 5.41) is 29.0. The van der Waals surface area contributed by atoms with E-state index in [1.807, 2.05) is 18.2 Å². The second-order valence-corrected chi connectivity index (χ2v) is 13.6. The molecule has 0 atom stereocenters. The van der Waals surface area contributed by atoms with Crippen LogP contribution in [0, 0.1) is 16.7 Å². The summed E-state index contributed by atoms with van der Waals surface area (Å²) in [6, 6.07) is 60.0. The summed E-state index contributed by atoms with van der Waals surface area (Å²) in [4.78, 5) is 0. The van der Waals surface area contributed by atoms with E-state index in [1.165, 1.54) is 17.0 Å². The van der Waals surface area contributed by atoms with Gasteiger partial charge in [-0.2, -0.15) is 5.26 Å². The van der Waals surface area contributed by atoms with Gasteiger partial charge in [0.1, 0.15) is 6.07 Å². The first-order valence-corrected chi connectivity index (χ1v) is 17.8. The Labute approximate surface area is 303 Å². The molecule has 0 amide bonds. The molecule has 0 saturated carbocycles. The average Bonchev–Trinajstić information content (AvgIpc) is 3.86. The third-order valence-electron chi connectivity index (χ3n) is 11.0. The highest BCUT2D eigenvalue weighted by Gasteiger charge is 2.23. The number of para-hydroxylation sites is 4. The van der Waals surface area contributed by atoms with Gasteiger partial charge in [-0.15, -0.1) is 0 Å². The maximum atomic E-state index is 10.9. The third kappa shape index (κ3) is 3.98. The van der Waals surface area contributed by atoms with Gasteiger partial charge in [-0.1, -0.05) is 103 Å². The normalized spacial score (nSPS) is 11.8. The Balaban J connectivity index is 1.23. The van der Waals surface area contributed by atoms with E-state index in [0.29, 0.717) is 11.1 Å². The summed E-state index contributed by atoms with van der Waals surface area (Å²) in [6.07, 6.45) is 1.34. The molecule has 0 aliphatic carbocycles. The number of hydrogen-bond donors (Lipinski definition) is 1. The highest BCUT2D eigenvalue weighted by atomic mass is 15.0. The molecule has 3 heterocycles.